The Labute approximate surface area is 157 Å². The van der Waals surface area contributed by atoms with Gasteiger partial charge in [-0.2, -0.15) is 13.8 Å². The van der Waals surface area contributed by atoms with Gasteiger partial charge in [0.05, 0.1) is 0 Å². The van der Waals surface area contributed by atoms with E-state index in [1.165, 1.54) is 11.1 Å². The van der Waals surface area contributed by atoms with E-state index in [0.717, 1.165) is 6.42 Å². The van der Waals surface area contributed by atoms with Crippen LogP contribution < -0.4 is 0 Å². The molecule has 0 amide bonds. The first kappa shape index (κ1) is 27.2. The Morgan fingerprint density at radius 3 is 1.64 bits per heavy atom. The molecule has 0 spiro atoms. The molecule has 1 atom stereocenters. The van der Waals surface area contributed by atoms with Crippen LogP contribution in [-0.4, -0.2) is 14.3 Å². The van der Waals surface area contributed by atoms with Crippen LogP contribution in [0.5, 0.6) is 0 Å². The van der Waals surface area contributed by atoms with Gasteiger partial charge in [0.2, 0.25) is 0 Å². The second-order valence-corrected chi connectivity index (χ2v) is 10.2. The fourth-order valence-electron chi connectivity index (χ4n) is 3.05. The molecular weight excluding hydrogens is 318 g/mol. The zero-order valence-electron chi connectivity index (χ0n) is 16.7. The second-order valence-electron chi connectivity index (χ2n) is 6.77. The van der Waals surface area contributed by atoms with E-state index in [4.69, 9.17) is 5.73 Å². The van der Waals surface area contributed by atoms with Crippen LogP contribution in [0.2, 0.25) is 18.1 Å². The molecular formula is C19H38NSiTi. The Bertz CT molecular complexity index is 389. The number of hydrogen-bond acceptors (Lipinski definition) is 0. The average Bonchev–Trinajstić information content (AvgIpc) is 2.58. The quantitative estimate of drug-likeness (QED) is 0.392. The number of hydrogen-bond donors (Lipinski definition) is 0. The molecule has 0 aromatic heterocycles. The Morgan fingerprint density at radius 1 is 1.00 bits per heavy atom. The summed E-state index contributed by atoms with van der Waals surface area (Å²) in [5.74, 6) is 0. The Hall–Kier alpha value is 0.371. The summed E-state index contributed by atoms with van der Waals surface area (Å²) in [5.41, 5.74) is 13.9. The van der Waals surface area contributed by atoms with E-state index in [-0.39, 0.29) is 27.3 Å². The molecule has 1 rings (SSSR count). The van der Waals surface area contributed by atoms with Gasteiger partial charge in [0.15, 0.2) is 0 Å². The van der Waals surface area contributed by atoms with Gasteiger partial charge in [-0.3, -0.25) is 0 Å². The number of nitrogens with one attached hydrogen (secondary N) is 1. The first-order chi connectivity index (χ1) is 9.51. The molecule has 1 aliphatic rings. The molecule has 0 aliphatic heterocycles. The summed E-state index contributed by atoms with van der Waals surface area (Å²) in [7, 11) is -0.819. The van der Waals surface area contributed by atoms with Crippen LogP contribution in [0.1, 0.15) is 61.8 Å². The number of rotatable bonds is 3. The predicted octanol–water partition coefficient (Wildman–Crippen LogP) is 6.80. The molecule has 1 nitrogen and oxygen atoms in total. The van der Waals surface area contributed by atoms with E-state index in [1.54, 1.807) is 25.0 Å². The van der Waals surface area contributed by atoms with Gasteiger partial charge in [-0.05, 0) is 38.3 Å². The zero-order chi connectivity index (χ0) is 17.6. The monoisotopic (exact) mass is 356 g/mol. The van der Waals surface area contributed by atoms with Crippen molar-refractivity contribution in [2.45, 2.75) is 85.5 Å². The molecule has 0 bridgehead atoms. The molecule has 1 aliphatic carbocycles. The van der Waals surface area contributed by atoms with Crippen molar-refractivity contribution in [1.29, 1.82) is 0 Å². The Balaban J connectivity index is -0.000000665. The first-order valence-corrected chi connectivity index (χ1v) is 11.0. The normalized spacial score (nSPS) is 21.0. The molecule has 0 saturated heterocycles. The molecule has 0 saturated carbocycles. The largest absolute Gasteiger partial charge is 3.00 e. The summed E-state index contributed by atoms with van der Waals surface area (Å²) >= 11 is 0. The van der Waals surface area contributed by atoms with E-state index in [1.807, 2.05) is 13.8 Å². The van der Waals surface area contributed by atoms with Crippen LogP contribution in [0.25, 0.3) is 5.73 Å². The summed E-state index contributed by atoms with van der Waals surface area (Å²) in [6.07, 6.45) is 0.912. The van der Waals surface area contributed by atoms with E-state index in [9.17, 15) is 0 Å². The Kier molecular flexibility index (Phi) is 13.6. The van der Waals surface area contributed by atoms with E-state index in [0.29, 0.717) is 5.04 Å². The standard InChI is InChI=1S/C15H28NSi.2C2H5.Ti/c1-10-11(2)13(9-14(4,5)16)15(6,12(10)3)17(7)8;2*1-2;/h16-17H,9H2,1-8H3;2*1H2,2H3;/q3*-1;+3. The van der Waals surface area contributed by atoms with Crippen molar-refractivity contribution in [3.63, 3.8) is 0 Å². The summed E-state index contributed by atoms with van der Waals surface area (Å²) in [5, 5.41) is 0.298. The van der Waals surface area contributed by atoms with Crippen LogP contribution in [0, 0.1) is 13.8 Å². The summed E-state index contributed by atoms with van der Waals surface area (Å²) in [6.45, 7) is 28.2. The predicted molar refractivity (Wildman–Crippen MR) is 103 cm³/mol. The van der Waals surface area contributed by atoms with Crippen molar-refractivity contribution in [3.8, 4) is 0 Å². The third-order valence-corrected chi connectivity index (χ3v) is 7.85. The molecule has 1 N–H and O–H groups in total. The molecule has 3 heteroatoms. The smallest absolute Gasteiger partial charge is 0.672 e. The average molecular weight is 356 g/mol. The van der Waals surface area contributed by atoms with Crippen LogP contribution in [0.4, 0.5) is 0 Å². The maximum absolute atomic E-state index is 8.20. The molecule has 0 heterocycles. The molecule has 22 heavy (non-hydrogen) atoms. The van der Waals surface area contributed by atoms with E-state index in [2.05, 4.69) is 54.6 Å². The van der Waals surface area contributed by atoms with Crippen molar-refractivity contribution < 1.29 is 21.7 Å². The minimum absolute atomic E-state index is 0. The van der Waals surface area contributed by atoms with E-state index < -0.39 is 8.80 Å². The minimum Gasteiger partial charge on any atom is -0.672 e. The SMILES string of the molecule is CC1=C(C)C(C)([SiH](C)C)C(CC(C)(C)[NH-])=C1C.[CH2-]C.[CH2-]C.[Ti+3]. The van der Waals surface area contributed by atoms with Crippen molar-refractivity contribution >= 4 is 8.80 Å². The summed E-state index contributed by atoms with van der Waals surface area (Å²) in [4.78, 5) is 0. The molecule has 1 unspecified atom stereocenters. The maximum atomic E-state index is 8.20. The first-order valence-electron chi connectivity index (χ1n) is 8.06. The van der Waals surface area contributed by atoms with Crippen LogP contribution in [0.15, 0.2) is 22.3 Å². The van der Waals surface area contributed by atoms with Crippen molar-refractivity contribution in [2.75, 3.05) is 0 Å². The minimum atomic E-state index is -0.819. The van der Waals surface area contributed by atoms with Crippen LogP contribution in [0.3, 0.4) is 0 Å². The van der Waals surface area contributed by atoms with Crippen molar-refractivity contribution in [2.24, 2.45) is 0 Å². The van der Waals surface area contributed by atoms with Gasteiger partial charge in [0.1, 0.15) is 0 Å². The topological polar surface area (TPSA) is 23.8 Å². The maximum Gasteiger partial charge on any atom is 3.00 e. The Morgan fingerprint density at radius 2 is 1.36 bits per heavy atom. The van der Waals surface area contributed by atoms with Gasteiger partial charge in [-0.25, -0.2) is 0 Å². The van der Waals surface area contributed by atoms with Crippen LogP contribution in [-0.2, 0) is 21.7 Å². The molecule has 0 aromatic rings. The molecule has 0 aromatic carbocycles. The summed E-state index contributed by atoms with van der Waals surface area (Å²) < 4.78 is 0. The summed E-state index contributed by atoms with van der Waals surface area (Å²) in [6, 6.07) is 0. The zero-order valence-corrected chi connectivity index (χ0v) is 19.4. The molecule has 1 radical (unpaired) electrons. The fourth-order valence-corrected chi connectivity index (χ4v) is 5.15. The number of allylic oxidation sites excluding steroid dienone is 3. The molecule has 0 fully saturated rings. The van der Waals surface area contributed by atoms with Gasteiger partial charge >= 0.3 is 21.7 Å². The fraction of sp³-hybridized carbons (Fsp3) is 0.684. The molecule has 127 valence electrons. The van der Waals surface area contributed by atoms with Gasteiger partial charge in [0, 0.05) is 13.8 Å². The third-order valence-electron chi connectivity index (χ3n) is 4.76. The van der Waals surface area contributed by atoms with Crippen LogP contribution >= 0.6 is 0 Å². The second kappa shape index (κ2) is 11.0. The van der Waals surface area contributed by atoms with Crippen molar-refractivity contribution in [1.82, 2.24) is 0 Å². The van der Waals surface area contributed by atoms with Gasteiger partial charge in [-0.15, -0.1) is 5.54 Å². The van der Waals surface area contributed by atoms with Gasteiger partial charge in [0.25, 0.3) is 0 Å². The third kappa shape index (κ3) is 6.11. The van der Waals surface area contributed by atoms with Crippen molar-refractivity contribution in [3.05, 3.63) is 41.9 Å². The van der Waals surface area contributed by atoms with E-state index >= 15 is 0 Å². The van der Waals surface area contributed by atoms with Gasteiger partial charge < -0.3 is 19.6 Å². The van der Waals surface area contributed by atoms with Gasteiger partial charge in [-0.1, -0.05) is 45.0 Å².